The third-order valence-corrected chi connectivity index (χ3v) is 3.84. The van der Waals surface area contributed by atoms with E-state index < -0.39 is 5.97 Å². The Kier molecular flexibility index (Phi) is 4.42. The lowest BCUT2D eigenvalue weighted by Crippen LogP contribution is -2.58. The fourth-order valence-corrected chi connectivity index (χ4v) is 2.76. The van der Waals surface area contributed by atoms with Gasteiger partial charge in [-0.2, -0.15) is 0 Å². The average molecular weight is 268 g/mol. The van der Waals surface area contributed by atoms with Gasteiger partial charge in [0.25, 0.3) is 0 Å². The van der Waals surface area contributed by atoms with Gasteiger partial charge in [0, 0.05) is 32.2 Å². The maximum absolute atomic E-state index is 11.7. The van der Waals surface area contributed by atoms with E-state index in [-0.39, 0.29) is 24.7 Å². The summed E-state index contributed by atoms with van der Waals surface area (Å²) in [6.45, 7) is 6.27. The summed E-state index contributed by atoms with van der Waals surface area (Å²) in [5, 5.41) is 9.05. The van der Waals surface area contributed by atoms with Crippen LogP contribution in [0, 0.1) is 5.92 Å². The van der Waals surface area contributed by atoms with Crippen LogP contribution in [0.2, 0.25) is 0 Å². The molecule has 1 amide bonds. The monoisotopic (exact) mass is 268 g/mol. The lowest BCUT2D eigenvalue weighted by Gasteiger charge is -2.45. The number of carbonyl (C=O) groups excluding carboxylic acids is 1. The number of carboxylic acids is 1. The lowest BCUT2D eigenvalue weighted by atomic mass is 9.91. The van der Waals surface area contributed by atoms with E-state index in [2.05, 4.69) is 11.5 Å². The van der Waals surface area contributed by atoms with Crippen molar-refractivity contribution in [2.45, 2.75) is 18.9 Å². The van der Waals surface area contributed by atoms with Gasteiger partial charge in [-0.15, -0.1) is 0 Å². The van der Waals surface area contributed by atoms with E-state index in [0.29, 0.717) is 26.1 Å². The molecule has 6 heteroatoms. The molecule has 0 aromatic rings. The van der Waals surface area contributed by atoms with Crippen LogP contribution in [0.1, 0.15) is 12.8 Å². The normalized spacial score (nSPS) is 27.5. The number of ether oxygens (including phenoxy) is 1. The lowest BCUT2D eigenvalue weighted by molar-refractivity contribution is -0.144. The number of piperidine rings is 1. The number of carbonyl (C=O) groups is 2. The van der Waals surface area contributed by atoms with Crippen molar-refractivity contribution in [3.8, 4) is 0 Å². The maximum atomic E-state index is 11.7. The smallest absolute Gasteiger partial charge is 0.410 e. The van der Waals surface area contributed by atoms with Crippen molar-refractivity contribution in [1.29, 1.82) is 0 Å². The molecule has 1 N–H and O–H groups in total. The Labute approximate surface area is 112 Å². The first kappa shape index (κ1) is 13.9. The van der Waals surface area contributed by atoms with Crippen molar-refractivity contribution in [1.82, 2.24) is 9.80 Å². The van der Waals surface area contributed by atoms with Crippen LogP contribution >= 0.6 is 0 Å². The van der Waals surface area contributed by atoms with Gasteiger partial charge in [0.1, 0.15) is 6.61 Å². The molecule has 0 bridgehead atoms. The van der Waals surface area contributed by atoms with Gasteiger partial charge in [0.2, 0.25) is 0 Å². The molecule has 2 heterocycles. The number of hydrogen-bond acceptors (Lipinski definition) is 4. The molecule has 2 fully saturated rings. The van der Waals surface area contributed by atoms with Gasteiger partial charge in [0.15, 0.2) is 0 Å². The van der Waals surface area contributed by atoms with Crippen LogP contribution < -0.4 is 0 Å². The minimum absolute atomic E-state index is 0.227. The molecule has 2 atom stereocenters. The van der Waals surface area contributed by atoms with Crippen LogP contribution in [0.3, 0.4) is 0 Å². The molecular weight excluding hydrogens is 248 g/mol. The minimum Gasteiger partial charge on any atom is -0.481 e. The number of aliphatic carboxylic acids is 1. The maximum Gasteiger partial charge on any atom is 0.410 e. The number of piperazine rings is 1. The van der Waals surface area contributed by atoms with E-state index in [1.54, 1.807) is 11.0 Å². The molecule has 6 nitrogen and oxygen atoms in total. The van der Waals surface area contributed by atoms with Crippen molar-refractivity contribution >= 4 is 12.1 Å². The van der Waals surface area contributed by atoms with Gasteiger partial charge in [-0.25, -0.2) is 4.79 Å². The predicted molar refractivity (Wildman–Crippen MR) is 68.8 cm³/mol. The Hall–Kier alpha value is -1.56. The van der Waals surface area contributed by atoms with E-state index in [0.717, 1.165) is 13.0 Å². The van der Waals surface area contributed by atoms with E-state index in [1.165, 1.54) is 0 Å². The summed E-state index contributed by atoms with van der Waals surface area (Å²) < 4.78 is 5.03. The molecule has 2 saturated heterocycles. The Bertz CT molecular complexity index is 372. The number of nitrogens with zero attached hydrogens (tertiary/aromatic N) is 2. The molecule has 0 radical (unpaired) electrons. The zero-order valence-electron chi connectivity index (χ0n) is 11.0. The standard InChI is InChI=1S/C13H20N2O4/c1-2-7-19-13(18)15-6-5-14-8-10(12(16)17)3-4-11(14)9-15/h2,10-11H,1,3-9H2,(H,16,17)/t10-,11-/m1/s1. The summed E-state index contributed by atoms with van der Waals surface area (Å²) >= 11 is 0. The highest BCUT2D eigenvalue weighted by molar-refractivity contribution is 5.70. The van der Waals surface area contributed by atoms with Gasteiger partial charge < -0.3 is 14.7 Å². The van der Waals surface area contributed by atoms with Crippen LogP contribution in [-0.4, -0.2) is 65.8 Å². The van der Waals surface area contributed by atoms with Crippen molar-refractivity contribution in [2.75, 3.05) is 32.8 Å². The number of fused-ring (bicyclic) bond motifs is 1. The summed E-state index contributed by atoms with van der Waals surface area (Å²) in [7, 11) is 0. The second-order valence-corrected chi connectivity index (χ2v) is 5.07. The largest absolute Gasteiger partial charge is 0.481 e. The van der Waals surface area contributed by atoms with Gasteiger partial charge in [-0.1, -0.05) is 12.7 Å². The molecule has 0 aliphatic carbocycles. The third kappa shape index (κ3) is 3.26. The molecule has 2 rings (SSSR count). The Morgan fingerprint density at radius 1 is 1.32 bits per heavy atom. The van der Waals surface area contributed by atoms with E-state index in [4.69, 9.17) is 9.84 Å². The number of rotatable bonds is 3. The molecule has 0 aromatic carbocycles. The minimum atomic E-state index is -0.716. The summed E-state index contributed by atoms with van der Waals surface area (Å²) in [6.07, 6.45) is 2.75. The second-order valence-electron chi connectivity index (χ2n) is 5.07. The Balaban J connectivity index is 1.86. The molecule has 2 aliphatic rings. The van der Waals surface area contributed by atoms with Gasteiger partial charge in [-0.05, 0) is 12.8 Å². The van der Waals surface area contributed by atoms with E-state index in [1.807, 2.05) is 0 Å². The zero-order chi connectivity index (χ0) is 13.8. The summed E-state index contributed by atoms with van der Waals surface area (Å²) in [4.78, 5) is 26.6. The van der Waals surface area contributed by atoms with Gasteiger partial charge in [0.05, 0.1) is 5.92 Å². The number of carboxylic acid groups (broad SMARTS) is 1. The van der Waals surface area contributed by atoms with E-state index in [9.17, 15) is 9.59 Å². The van der Waals surface area contributed by atoms with Crippen LogP contribution in [0.4, 0.5) is 4.79 Å². The molecule has 19 heavy (non-hydrogen) atoms. The average Bonchev–Trinajstić information content (AvgIpc) is 2.43. The van der Waals surface area contributed by atoms with Gasteiger partial charge >= 0.3 is 12.1 Å². The van der Waals surface area contributed by atoms with Crippen LogP contribution in [-0.2, 0) is 9.53 Å². The van der Waals surface area contributed by atoms with Crippen LogP contribution in [0.15, 0.2) is 12.7 Å². The second kappa shape index (κ2) is 6.06. The van der Waals surface area contributed by atoms with E-state index >= 15 is 0 Å². The molecule has 0 saturated carbocycles. The summed E-state index contributed by atoms with van der Waals surface area (Å²) in [5.74, 6) is -0.984. The summed E-state index contributed by atoms with van der Waals surface area (Å²) in [6, 6.07) is 0.264. The third-order valence-electron chi connectivity index (χ3n) is 3.84. The van der Waals surface area contributed by atoms with Gasteiger partial charge in [-0.3, -0.25) is 9.69 Å². The molecule has 0 spiro atoms. The first-order valence-corrected chi connectivity index (χ1v) is 6.61. The van der Waals surface area contributed by atoms with Crippen molar-refractivity contribution in [3.05, 3.63) is 12.7 Å². The summed E-state index contributed by atoms with van der Waals surface area (Å²) in [5.41, 5.74) is 0. The van der Waals surface area contributed by atoms with Crippen molar-refractivity contribution in [3.63, 3.8) is 0 Å². The molecule has 2 aliphatic heterocycles. The topological polar surface area (TPSA) is 70.1 Å². The molecule has 106 valence electrons. The molecule has 0 aromatic heterocycles. The fraction of sp³-hybridized carbons (Fsp3) is 0.692. The Morgan fingerprint density at radius 2 is 2.11 bits per heavy atom. The predicted octanol–water partition coefficient (Wildman–Crippen LogP) is 0.790. The highest BCUT2D eigenvalue weighted by atomic mass is 16.6. The quantitative estimate of drug-likeness (QED) is 0.766. The number of hydrogen-bond donors (Lipinski definition) is 1. The van der Waals surface area contributed by atoms with Crippen molar-refractivity contribution in [2.24, 2.45) is 5.92 Å². The molecular formula is C13H20N2O4. The first-order chi connectivity index (χ1) is 9.11. The van der Waals surface area contributed by atoms with Crippen LogP contribution in [0.5, 0.6) is 0 Å². The zero-order valence-corrected chi connectivity index (χ0v) is 11.0. The highest BCUT2D eigenvalue weighted by Gasteiger charge is 2.36. The fourth-order valence-electron chi connectivity index (χ4n) is 2.76. The highest BCUT2D eigenvalue weighted by Crippen LogP contribution is 2.25. The SMILES string of the molecule is C=CCOC(=O)N1CCN2C[C@H](C(=O)O)CC[C@@H]2C1. The molecule has 0 unspecified atom stereocenters. The Morgan fingerprint density at radius 3 is 2.79 bits per heavy atom. The van der Waals surface area contributed by atoms with Crippen LogP contribution in [0.25, 0.3) is 0 Å². The number of amides is 1. The van der Waals surface area contributed by atoms with Crippen molar-refractivity contribution < 1.29 is 19.4 Å². The first-order valence-electron chi connectivity index (χ1n) is 6.61.